The van der Waals surface area contributed by atoms with Crippen LogP contribution in [0.25, 0.3) is 38.3 Å². The lowest BCUT2D eigenvalue weighted by molar-refractivity contribution is -0.400. The number of nitrogens with one attached hydrogen (secondary N) is 3. The highest BCUT2D eigenvalue weighted by molar-refractivity contribution is 5.94. The molecule has 16 aliphatic rings. The molecule has 9 aliphatic heterocycles. The Hall–Kier alpha value is -6.54. The number of aliphatic hydroxyl groups excluding tert-OH is 4. The van der Waals surface area contributed by atoms with E-state index in [1.165, 1.54) is 29.8 Å². The number of amides is 1. The molecular formula is C75H84N4O13. The number of fused-ring (bicyclic) bond motifs is 6. The summed E-state index contributed by atoms with van der Waals surface area (Å²) in [7, 11) is 0. The zero-order valence-corrected chi connectivity index (χ0v) is 52.4. The smallest absolute Gasteiger partial charge is 0.226 e. The summed E-state index contributed by atoms with van der Waals surface area (Å²) in [4.78, 5) is 48.8. The molecule has 6 fully saturated rings. The third-order valence-electron chi connectivity index (χ3n) is 26.8. The molecule has 482 valence electrons. The summed E-state index contributed by atoms with van der Waals surface area (Å²) in [6, 6.07) is 13.4. The van der Waals surface area contributed by atoms with Crippen molar-refractivity contribution in [3.05, 3.63) is 141 Å². The SMILES string of the molecule is CCc1c2cc3[nH]c2cn1-c1c2c(cc4c(=O)cc(C)oc14)CC1OOC(C(O)(Cc4ccc(O)c5ccc(O)cc45)C(O)C(O)C(O)CO)C=CC4=CC5C6C(=CC(C47NC4CC(CC)C8CCC7CC48)C15O2)CCC1C2(C=CC3CC2)CCCC12C(=O)NCC62. The van der Waals surface area contributed by atoms with Crippen molar-refractivity contribution in [1.82, 2.24) is 20.2 Å². The number of ether oxygens (including phenoxy) is 1. The summed E-state index contributed by atoms with van der Waals surface area (Å²) in [6.07, 6.45) is 18.7. The number of phenols is 2. The van der Waals surface area contributed by atoms with Crippen LogP contribution in [0.4, 0.5) is 0 Å². The van der Waals surface area contributed by atoms with Crippen molar-refractivity contribution in [2.75, 3.05) is 13.2 Å². The number of rotatable bonds is 9. The molecule has 2 saturated heterocycles. The minimum atomic E-state index is -2.60. The molecule has 0 radical (unpaired) electrons. The topological polar surface area (TPSA) is 261 Å². The van der Waals surface area contributed by atoms with Gasteiger partial charge < -0.3 is 65.1 Å². The van der Waals surface area contributed by atoms with E-state index < -0.39 is 77.5 Å². The molecule has 21 atom stereocenters. The Kier molecular flexibility index (Phi) is 12.8. The zero-order valence-electron chi connectivity index (χ0n) is 52.4. The number of hydrogen-bond acceptors (Lipinski definition) is 14. The predicted molar refractivity (Wildman–Crippen MR) is 343 cm³/mol. The van der Waals surface area contributed by atoms with Crippen molar-refractivity contribution in [2.45, 2.75) is 176 Å². The van der Waals surface area contributed by atoms with Gasteiger partial charge in [-0.3, -0.25) is 9.59 Å². The van der Waals surface area contributed by atoms with E-state index >= 15 is 4.79 Å². The summed E-state index contributed by atoms with van der Waals surface area (Å²) in [5.74, 6) is 1.53. The molecule has 16 bridgehead atoms. The monoisotopic (exact) mass is 1250 g/mol. The predicted octanol–water partition coefficient (Wildman–Crippen LogP) is 9.14. The van der Waals surface area contributed by atoms with Crippen LogP contribution in [0.15, 0.2) is 112 Å². The lowest BCUT2D eigenvalue weighted by Crippen LogP contribution is -2.78. The molecule has 17 heteroatoms. The van der Waals surface area contributed by atoms with Gasteiger partial charge in [-0.1, -0.05) is 68.7 Å². The Morgan fingerprint density at radius 1 is 0.891 bits per heavy atom. The molecule has 7 aliphatic carbocycles. The van der Waals surface area contributed by atoms with Gasteiger partial charge >= 0.3 is 0 Å². The van der Waals surface area contributed by atoms with Gasteiger partial charge in [0.15, 0.2) is 22.4 Å². The molecule has 4 spiro atoms. The Labute approximate surface area is 533 Å². The lowest BCUT2D eigenvalue weighted by Gasteiger charge is -2.68. The van der Waals surface area contributed by atoms with E-state index in [2.05, 4.69) is 70.6 Å². The van der Waals surface area contributed by atoms with Crippen LogP contribution in [-0.2, 0) is 33.8 Å². The van der Waals surface area contributed by atoms with Gasteiger partial charge in [0, 0.05) is 83.2 Å². The molecular weight excluding hydrogens is 1160 g/mol. The van der Waals surface area contributed by atoms with Crippen molar-refractivity contribution in [3.63, 3.8) is 0 Å². The second kappa shape index (κ2) is 20.2. The normalized spacial score (nSPS) is 38.3. The second-order valence-electron chi connectivity index (χ2n) is 30.4. The van der Waals surface area contributed by atoms with Gasteiger partial charge in [0.25, 0.3) is 0 Å². The van der Waals surface area contributed by atoms with E-state index in [0.29, 0.717) is 80.8 Å². The maximum atomic E-state index is 15.7. The second-order valence-corrected chi connectivity index (χ2v) is 30.4. The van der Waals surface area contributed by atoms with E-state index in [1.807, 2.05) is 19.1 Å². The number of aryl methyl sites for hydroxylation is 2. The van der Waals surface area contributed by atoms with Gasteiger partial charge in [-0.05, 0) is 183 Å². The van der Waals surface area contributed by atoms with E-state index in [-0.39, 0.29) is 70.3 Å². The molecule has 21 unspecified atom stereocenters. The first-order chi connectivity index (χ1) is 44.5. The third-order valence-corrected chi connectivity index (χ3v) is 26.8. The molecule has 12 heterocycles. The van der Waals surface area contributed by atoms with Gasteiger partial charge in [-0.2, -0.15) is 0 Å². The number of aromatic hydroxyl groups is 2. The minimum absolute atomic E-state index is 0.0664. The van der Waals surface area contributed by atoms with Gasteiger partial charge in [-0.15, -0.1) is 0 Å². The Morgan fingerprint density at radius 2 is 1.76 bits per heavy atom. The number of hydrogen-bond donors (Lipinski definition) is 10. The van der Waals surface area contributed by atoms with Crippen LogP contribution in [0.2, 0.25) is 0 Å². The minimum Gasteiger partial charge on any atom is -0.508 e. The number of benzene rings is 3. The van der Waals surface area contributed by atoms with Crippen molar-refractivity contribution in [1.29, 1.82) is 0 Å². The fourth-order valence-corrected chi connectivity index (χ4v) is 23.0. The highest BCUT2D eigenvalue weighted by atomic mass is 17.2. The summed E-state index contributed by atoms with van der Waals surface area (Å²) in [5, 5.41) is 92.6. The van der Waals surface area contributed by atoms with Crippen molar-refractivity contribution in [3.8, 4) is 22.9 Å². The van der Waals surface area contributed by atoms with Gasteiger partial charge in [0.05, 0.1) is 28.5 Å². The largest absolute Gasteiger partial charge is 0.508 e. The van der Waals surface area contributed by atoms with Crippen LogP contribution in [0.5, 0.6) is 17.2 Å². The van der Waals surface area contributed by atoms with Gasteiger partial charge in [0.2, 0.25) is 5.91 Å². The maximum Gasteiger partial charge on any atom is 0.226 e. The molecule has 6 aromatic rings. The average molecular weight is 1250 g/mol. The lowest BCUT2D eigenvalue weighted by atomic mass is 9.43. The number of aliphatic hydroxyl groups is 5. The maximum absolute atomic E-state index is 15.7. The number of carbonyl (C=O) groups excluding carboxylic acids is 1. The number of H-pyrrole nitrogens is 1. The van der Waals surface area contributed by atoms with Crippen LogP contribution in [0.3, 0.4) is 0 Å². The van der Waals surface area contributed by atoms with E-state index in [1.54, 1.807) is 18.2 Å². The molecule has 4 saturated carbocycles. The fraction of sp³-hybridized carbons (Fsp3) is 0.547. The molecule has 92 heavy (non-hydrogen) atoms. The Balaban J connectivity index is 0.935. The van der Waals surface area contributed by atoms with Crippen LogP contribution in [0.1, 0.15) is 125 Å². The van der Waals surface area contributed by atoms with E-state index in [9.17, 15) is 40.5 Å². The molecule has 22 rings (SSSR count). The first kappa shape index (κ1) is 58.1. The zero-order chi connectivity index (χ0) is 62.9. The Bertz CT molecular complexity index is 4310. The quantitative estimate of drug-likeness (QED) is 0.0478. The number of nitrogens with zero attached hydrogens (tertiary/aromatic N) is 1. The van der Waals surface area contributed by atoms with Crippen molar-refractivity contribution >= 4 is 38.6 Å². The first-order valence-corrected chi connectivity index (χ1v) is 34.5. The summed E-state index contributed by atoms with van der Waals surface area (Å²) in [6.45, 7) is 5.86. The number of phenolic OH excluding ortho intramolecular Hbond substituents is 2. The fourth-order valence-electron chi connectivity index (χ4n) is 23.0. The standard InChI is InChI=1S/C75H84N4O13/c1-4-37-25-54-48-28-42(9-12-45(37)48)74(78-54)43-10-16-62(73(88,69(86)66(85)59(84)35-80)32-40-7-14-57(82)46-13-11-44(81)30-47(40)46)91-92-63-27-41-24-50-58(83)23-36(3)89-68(50)65-67(41)90-75(63)51(29-43)64-39(26-61(74)75)8-15-60-71(19-6-20-72(60)52(64)33-76-70(72)87)21-17-38(18-22-71)53-31-49-55(77-53)34-79(65)56(49)5-2/h7,10-11,13-14,16-17,21,23-24,26,29-31,34,37-38,42,45,48,51-52,54,59-64,66,69,77-78,80-82,84-86,88H,4-6,8-9,12,15,18-20,22,25,27-28,32-33,35H2,1-3H3,(H,76,87). The summed E-state index contributed by atoms with van der Waals surface area (Å²) in [5.41, 5.74) is 1.55. The number of allylic oxidation sites excluding steroid dienone is 3. The Morgan fingerprint density at radius 3 is 2.58 bits per heavy atom. The molecule has 10 N–H and O–H groups in total. The van der Waals surface area contributed by atoms with E-state index in [0.717, 1.165) is 105 Å². The van der Waals surface area contributed by atoms with Crippen molar-refractivity contribution < 1.29 is 59.5 Å². The van der Waals surface area contributed by atoms with E-state index in [4.69, 9.17) is 18.9 Å². The average Bonchev–Trinajstić information content (AvgIpc) is 0.864. The number of aromatic amines is 1. The van der Waals surface area contributed by atoms with Gasteiger partial charge in [-0.25, -0.2) is 9.78 Å². The number of carbonyl (C=O) groups is 1. The molecule has 17 nitrogen and oxygen atoms in total. The first-order valence-electron chi connectivity index (χ1n) is 34.5. The summed E-state index contributed by atoms with van der Waals surface area (Å²) < 4.78 is 17.8. The molecule has 1 amide bonds. The third kappa shape index (κ3) is 7.59. The van der Waals surface area contributed by atoms with Crippen LogP contribution in [-0.4, -0.2) is 118 Å². The highest BCUT2D eigenvalue weighted by Crippen LogP contribution is 2.72. The van der Waals surface area contributed by atoms with Crippen molar-refractivity contribution in [2.24, 2.45) is 64.1 Å². The summed E-state index contributed by atoms with van der Waals surface area (Å²) >= 11 is 0. The van der Waals surface area contributed by atoms with Crippen LogP contribution < -0.4 is 20.8 Å². The number of aromatic nitrogens is 2. The van der Waals surface area contributed by atoms with Crippen LogP contribution >= 0.6 is 0 Å². The molecule has 3 aromatic carbocycles. The van der Waals surface area contributed by atoms with Gasteiger partial charge in [0.1, 0.15) is 59.1 Å². The molecule has 3 aromatic heterocycles. The number of piperidine rings is 1. The van der Waals surface area contributed by atoms with Crippen LogP contribution in [0, 0.1) is 71.0 Å². The highest BCUT2D eigenvalue weighted by Gasteiger charge is 2.76.